The van der Waals surface area contributed by atoms with Crippen LogP contribution < -0.4 is 0 Å². The summed E-state index contributed by atoms with van der Waals surface area (Å²) in [5.41, 5.74) is 0. The van der Waals surface area contributed by atoms with E-state index in [4.69, 9.17) is 4.74 Å². The number of nitrogens with zero attached hydrogens (tertiary/aromatic N) is 5. The van der Waals surface area contributed by atoms with Gasteiger partial charge in [0.05, 0.1) is 23.8 Å². The van der Waals surface area contributed by atoms with Crippen molar-refractivity contribution in [2.24, 2.45) is 0 Å². The van der Waals surface area contributed by atoms with Crippen LogP contribution in [0.5, 0.6) is 0 Å². The number of aryl methyl sites for hydroxylation is 1. The van der Waals surface area contributed by atoms with Crippen molar-refractivity contribution in [3.8, 4) is 0 Å². The van der Waals surface area contributed by atoms with Crippen LogP contribution in [-0.2, 0) is 11.3 Å². The van der Waals surface area contributed by atoms with Gasteiger partial charge in [-0.25, -0.2) is 4.98 Å². The molecule has 108 valence electrons. The fourth-order valence-electron chi connectivity index (χ4n) is 2.27. The van der Waals surface area contributed by atoms with Gasteiger partial charge >= 0.3 is 0 Å². The molecule has 8 heteroatoms. The van der Waals surface area contributed by atoms with E-state index in [2.05, 4.69) is 41.1 Å². The fourth-order valence-corrected chi connectivity index (χ4v) is 2.60. The lowest BCUT2D eigenvalue weighted by Gasteiger charge is -2.31. The van der Waals surface area contributed by atoms with Gasteiger partial charge in [0.1, 0.15) is 11.9 Å². The van der Waals surface area contributed by atoms with E-state index in [0.717, 1.165) is 42.3 Å². The molecule has 0 saturated carbocycles. The molecule has 1 atom stereocenters. The van der Waals surface area contributed by atoms with Crippen molar-refractivity contribution >= 4 is 15.9 Å². The molecule has 3 rings (SSSR count). The number of morpholine rings is 1. The molecule has 1 N–H and O–H groups in total. The summed E-state index contributed by atoms with van der Waals surface area (Å²) in [5.74, 6) is 1.57. The first kappa shape index (κ1) is 13.7. The zero-order chi connectivity index (χ0) is 13.9. The average Bonchev–Trinajstić information content (AvgIpc) is 3.06. The van der Waals surface area contributed by atoms with Crippen LogP contribution in [0.25, 0.3) is 0 Å². The Balaban J connectivity index is 1.55. The summed E-state index contributed by atoms with van der Waals surface area (Å²) >= 11 is 3.40. The van der Waals surface area contributed by atoms with Crippen molar-refractivity contribution in [1.82, 2.24) is 29.9 Å². The molecule has 0 unspecified atom stereocenters. The number of hydrogen-bond donors (Lipinski definition) is 1. The van der Waals surface area contributed by atoms with Crippen LogP contribution in [-0.4, -0.2) is 56.1 Å². The lowest BCUT2D eigenvalue weighted by atomic mass is 10.2. The monoisotopic (exact) mass is 340 g/mol. The Hall–Kier alpha value is -1.25. The predicted octanol–water partition coefficient (Wildman–Crippen LogP) is 1.15. The molecule has 2 aromatic rings. The molecule has 1 aliphatic heterocycles. The molecule has 0 amide bonds. The molecule has 1 aliphatic rings. The summed E-state index contributed by atoms with van der Waals surface area (Å²) < 4.78 is 8.69. The molecule has 0 radical (unpaired) electrons. The van der Waals surface area contributed by atoms with Gasteiger partial charge in [0.2, 0.25) is 0 Å². The van der Waals surface area contributed by atoms with E-state index in [0.29, 0.717) is 6.61 Å². The number of nitrogens with one attached hydrogen (secondary N) is 1. The van der Waals surface area contributed by atoms with Gasteiger partial charge in [-0.05, 0) is 22.9 Å². The minimum Gasteiger partial charge on any atom is -0.367 e. The number of hydrogen-bond acceptors (Lipinski definition) is 5. The van der Waals surface area contributed by atoms with Crippen LogP contribution in [0.3, 0.4) is 0 Å². The maximum Gasteiger partial charge on any atom is 0.180 e. The SMILES string of the molecule is Cc1nc([C@H]2CN(CCn3cc(Br)cn3)CCO2)n[nH]1. The second-order valence-electron chi connectivity index (χ2n) is 4.86. The van der Waals surface area contributed by atoms with Crippen LogP contribution >= 0.6 is 15.9 Å². The predicted molar refractivity (Wildman–Crippen MR) is 76.2 cm³/mol. The van der Waals surface area contributed by atoms with Gasteiger partial charge in [-0.1, -0.05) is 0 Å². The van der Waals surface area contributed by atoms with Crippen molar-refractivity contribution in [2.45, 2.75) is 19.6 Å². The highest BCUT2D eigenvalue weighted by Gasteiger charge is 2.24. The Kier molecular flexibility index (Phi) is 4.13. The van der Waals surface area contributed by atoms with Crippen molar-refractivity contribution in [2.75, 3.05) is 26.2 Å². The minimum atomic E-state index is -0.0435. The Morgan fingerprint density at radius 3 is 3.10 bits per heavy atom. The highest BCUT2D eigenvalue weighted by molar-refractivity contribution is 9.10. The summed E-state index contributed by atoms with van der Waals surface area (Å²) in [6.45, 7) is 6.17. The zero-order valence-corrected chi connectivity index (χ0v) is 12.9. The maximum atomic E-state index is 5.75. The van der Waals surface area contributed by atoms with E-state index < -0.39 is 0 Å². The zero-order valence-electron chi connectivity index (χ0n) is 11.3. The molecule has 0 bridgehead atoms. The van der Waals surface area contributed by atoms with Gasteiger partial charge in [0.25, 0.3) is 0 Å². The number of ether oxygens (including phenoxy) is 1. The highest BCUT2D eigenvalue weighted by atomic mass is 79.9. The van der Waals surface area contributed by atoms with E-state index in [-0.39, 0.29) is 6.10 Å². The third-order valence-electron chi connectivity index (χ3n) is 3.30. The van der Waals surface area contributed by atoms with Gasteiger partial charge < -0.3 is 4.74 Å². The number of rotatable bonds is 4. The van der Waals surface area contributed by atoms with Gasteiger partial charge in [0.15, 0.2) is 5.82 Å². The maximum absolute atomic E-state index is 5.75. The second-order valence-corrected chi connectivity index (χ2v) is 5.78. The van der Waals surface area contributed by atoms with Gasteiger partial charge in [-0.2, -0.15) is 10.2 Å². The number of aromatic nitrogens is 5. The quantitative estimate of drug-likeness (QED) is 0.903. The minimum absolute atomic E-state index is 0.0435. The normalized spacial score (nSPS) is 20.4. The molecule has 1 fully saturated rings. The van der Waals surface area contributed by atoms with Gasteiger partial charge in [-0.3, -0.25) is 14.7 Å². The second kappa shape index (κ2) is 6.02. The summed E-state index contributed by atoms with van der Waals surface area (Å²) in [5, 5.41) is 11.3. The van der Waals surface area contributed by atoms with E-state index in [1.165, 1.54) is 0 Å². The van der Waals surface area contributed by atoms with E-state index in [1.807, 2.05) is 17.8 Å². The Morgan fingerprint density at radius 1 is 1.50 bits per heavy atom. The fraction of sp³-hybridized carbons (Fsp3) is 0.583. The van der Waals surface area contributed by atoms with Crippen LogP contribution in [0.2, 0.25) is 0 Å². The smallest absolute Gasteiger partial charge is 0.180 e. The molecular formula is C12H17BrN6O. The summed E-state index contributed by atoms with van der Waals surface area (Å²) in [6.07, 6.45) is 3.74. The van der Waals surface area contributed by atoms with E-state index in [9.17, 15) is 0 Å². The topological polar surface area (TPSA) is 71.9 Å². The van der Waals surface area contributed by atoms with Crippen molar-refractivity contribution < 1.29 is 4.74 Å². The van der Waals surface area contributed by atoms with Crippen molar-refractivity contribution in [3.05, 3.63) is 28.5 Å². The largest absolute Gasteiger partial charge is 0.367 e. The van der Waals surface area contributed by atoms with Crippen LogP contribution in [0.4, 0.5) is 0 Å². The van der Waals surface area contributed by atoms with E-state index >= 15 is 0 Å². The van der Waals surface area contributed by atoms with Crippen molar-refractivity contribution in [1.29, 1.82) is 0 Å². The molecule has 0 spiro atoms. The number of aromatic amines is 1. The first-order chi connectivity index (χ1) is 9.70. The van der Waals surface area contributed by atoms with E-state index in [1.54, 1.807) is 6.20 Å². The number of H-pyrrole nitrogens is 1. The first-order valence-corrected chi connectivity index (χ1v) is 7.41. The Labute approximate surface area is 125 Å². The molecule has 1 saturated heterocycles. The third kappa shape index (κ3) is 3.25. The molecule has 7 nitrogen and oxygen atoms in total. The highest BCUT2D eigenvalue weighted by Crippen LogP contribution is 2.18. The molecule has 3 heterocycles. The summed E-state index contributed by atoms with van der Waals surface area (Å²) in [4.78, 5) is 6.70. The van der Waals surface area contributed by atoms with Gasteiger partial charge in [0, 0.05) is 25.8 Å². The summed E-state index contributed by atoms with van der Waals surface area (Å²) in [6, 6.07) is 0. The molecule has 0 aromatic carbocycles. The lowest BCUT2D eigenvalue weighted by Crippen LogP contribution is -2.40. The van der Waals surface area contributed by atoms with Gasteiger partial charge in [-0.15, -0.1) is 0 Å². The third-order valence-corrected chi connectivity index (χ3v) is 3.71. The molecule has 2 aromatic heterocycles. The number of halogens is 1. The Morgan fingerprint density at radius 2 is 2.40 bits per heavy atom. The van der Waals surface area contributed by atoms with Crippen LogP contribution in [0, 0.1) is 6.92 Å². The summed E-state index contributed by atoms with van der Waals surface area (Å²) in [7, 11) is 0. The first-order valence-electron chi connectivity index (χ1n) is 6.61. The molecular weight excluding hydrogens is 324 g/mol. The lowest BCUT2D eigenvalue weighted by molar-refractivity contribution is -0.0352. The average molecular weight is 341 g/mol. The molecule has 0 aliphatic carbocycles. The van der Waals surface area contributed by atoms with Crippen LogP contribution in [0.1, 0.15) is 17.8 Å². The standard InChI is InChI=1S/C12H17BrN6O/c1-9-15-12(17-16-9)11-8-18(4-5-20-11)2-3-19-7-10(13)6-14-19/h6-7,11H,2-5,8H2,1H3,(H,15,16,17)/t11-/m1/s1. The Bertz CT molecular complexity index is 568. The van der Waals surface area contributed by atoms with Crippen LogP contribution in [0.15, 0.2) is 16.9 Å². The molecule has 20 heavy (non-hydrogen) atoms. The van der Waals surface area contributed by atoms with Crippen molar-refractivity contribution in [3.63, 3.8) is 0 Å².